The molecule has 2 aromatic rings. The zero-order valence-corrected chi connectivity index (χ0v) is 14.7. The average molecular weight is 347 g/mol. The maximum atomic E-state index is 3.69. The molecule has 2 nitrogen and oxygen atoms in total. The minimum absolute atomic E-state index is 0.343. The van der Waals surface area contributed by atoms with E-state index in [9.17, 15) is 0 Å². The Kier molecular flexibility index (Phi) is 5.43. The van der Waals surface area contributed by atoms with Crippen LogP contribution in [-0.4, -0.2) is 14.1 Å². The molecule has 0 amide bonds. The summed E-state index contributed by atoms with van der Waals surface area (Å²) in [4.78, 5) is 2.27. The summed E-state index contributed by atoms with van der Waals surface area (Å²) in [6.45, 7) is 5.21. The highest BCUT2D eigenvalue weighted by molar-refractivity contribution is 9.10. The number of benzene rings is 2. The molecule has 0 aromatic heterocycles. The Balaban J connectivity index is 2.16. The first kappa shape index (κ1) is 16.1. The van der Waals surface area contributed by atoms with Crippen LogP contribution in [-0.2, 0) is 6.54 Å². The van der Waals surface area contributed by atoms with Gasteiger partial charge in [-0.3, -0.25) is 0 Å². The second kappa shape index (κ2) is 7.10. The summed E-state index contributed by atoms with van der Waals surface area (Å²) in [6.07, 6.45) is 0. The fraction of sp³-hybridized carbons (Fsp3) is 0.333. The van der Waals surface area contributed by atoms with Crippen LogP contribution in [0, 0.1) is 6.92 Å². The van der Waals surface area contributed by atoms with Gasteiger partial charge in [0.15, 0.2) is 0 Å². The van der Waals surface area contributed by atoms with Crippen molar-refractivity contribution in [2.24, 2.45) is 0 Å². The minimum Gasteiger partial charge on any atom is -0.370 e. The Morgan fingerprint density at radius 1 is 1.19 bits per heavy atom. The third-order valence-corrected chi connectivity index (χ3v) is 4.51. The largest absolute Gasteiger partial charge is 0.370 e. The molecule has 0 fully saturated rings. The van der Waals surface area contributed by atoms with E-state index < -0.39 is 0 Å². The molecule has 0 saturated carbocycles. The van der Waals surface area contributed by atoms with E-state index in [1.54, 1.807) is 0 Å². The summed E-state index contributed by atoms with van der Waals surface area (Å²) in [5.41, 5.74) is 5.14. The van der Waals surface area contributed by atoms with Crippen molar-refractivity contribution in [3.63, 3.8) is 0 Å². The SMILES string of the molecule is CNC(C)c1ccc(N(C)Cc2cccc(C)c2)cc1Br. The number of rotatable bonds is 5. The number of nitrogens with zero attached hydrogens (tertiary/aromatic N) is 1. The zero-order chi connectivity index (χ0) is 15.4. The van der Waals surface area contributed by atoms with Gasteiger partial charge in [0, 0.05) is 29.8 Å². The van der Waals surface area contributed by atoms with Crippen molar-refractivity contribution in [1.82, 2.24) is 5.32 Å². The lowest BCUT2D eigenvalue weighted by molar-refractivity contribution is 0.649. The van der Waals surface area contributed by atoms with Crippen LogP contribution in [0.15, 0.2) is 46.9 Å². The molecule has 0 bridgehead atoms. The van der Waals surface area contributed by atoms with E-state index >= 15 is 0 Å². The summed E-state index contributed by atoms with van der Waals surface area (Å²) >= 11 is 3.69. The molecule has 2 rings (SSSR count). The standard InChI is InChI=1S/C18H23BrN2/c1-13-6-5-7-15(10-13)12-21(4)16-8-9-17(14(2)20-3)18(19)11-16/h5-11,14,20H,12H2,1-4H3. The number of nitrogens with one attached hydrogen (secondary N) is 1. The van der Waals surface area contributed by atoms with Crippen LogP contribution in [0.25, 0.3) is 0 Å². The van der Waals surface area contributed by atoms with E-state index in [1.165, 1.54) is 22.4 Å². The predicted molar refractivity (Wildman–Crippen MR) is 94.9 cm³/mol. The smallest absolute Gasteiger partial charge is 0.0426 e. The first-order chi connectivity index (χ1) is 10.0. The van der Waals surface area contributed by atoms with E-state index in [0.717, 1.165) is 11.0 Å². The van der Waals surface area contributed by atoms with Gasteiger partial charge in [0.05, 0.1) is 0 Å². The molecule has 21 heavy (non-hydrogen) atoms. The summed E-state index contributed by atoms with van der Waals surface area (Å²) in [5.74, 6) is 0. The van der Waals surface area contributed by atoms with Crippen molar-refractivity contribution in [3.05, 3.63) is 63.6 Å². The number of aryl methyl sites for hydroxylation is 1. The number of hydrogen-bond acceptors (Lipinski definition) is 2. The number of anilines is 1. The second-order valence-corrected chi connectivity index (χ2v) is 6.42. The molecule has 0 aliphatic carbocycles. The molecule has 0 radical (unpaired) electrons. The van der Waals surface area contributed by atoms with Crippen LogP contribution >= 0.6 is 15.9 Å². The van der Waals surface area contributed by atoms with Crippen molar-refractivity contribution in [2.45, 2.75) is 26.4 Å². The minimum atomic E-state index is 0.343. The second-order valence-electron chi connectivity index (χ2n) is 5.56. The van der Waals surface area contributed by atoms with Crippen LogP contribution in [0.2, 0.25) is 0 Å². The van der Waals surface area contributed by atoms with Gasteiger partial charge in [-0.25, -0.2) is 0 Å². The van der Waals surface area contributed by atoms with E-state index in [-0.39, 0.29) is 0 Å². The van der Waals surface area contributed by atoms with Crippen molar-refractivity contribution in [3.8, 4) is 0 Å². The summed E-state index contributed by atoms with van der Waals surface area (Å²) in [5, 5.41) is 3.27. The fourth-order valence-corrected chi connectivity index (χ4v) is 3.15. The van der Waals surface area contributed by atoms with Gasteiger partial charge in [-0.05, 0) is 44.2 Å². The highest BCUT2D eigenvalue weighted by atomic mass is 79.9. The maximum Gasteiger partial charge on any atom is 0.0426 e. The molecular formula is C18H23BrN2. The lowest BCUT2D eigenvalue weighted by Gasteiger charge is -2.22. The normalized spacial score (nSPS) is 12.2. The third-order valence-electron chi connectivity index (χ3n) is 3.83. The molecule has 0 heterocycles. The van der Waals surface area contributed by atoms with Gasteiger partial charge < -0.3 is 10.2 Å². The highest BCUT2D eigenvalue weighted by Gasteiger charge is 2.10. The van der Waals surface area contributed by atoms with Crippen molar-refractivity contribution in [2.75, 3.05) is 19.0 Å². The molecule has 1 unspecified atom stereocenters. The lowest BCUT2D eigenvalue weighted by Crippen LogP contribution is -2.17. The van der Waals surface area contributed by atoms with E-state index in [4.69, 9.17) is 0 Å². The van der Waals surface area contributed by atoms with Crippen molar-refractivity contribution >= 4 is 21.6 Å². The van der Waals surface area contributed by atoms with Gasteiger partial charge >= 0.3 is 0 Å². The molecule has 112 valence electrons. The molecule has 0 spiro atoms. The molecule has 0 aliphatic rings. The topological polar surface area (TPSA) is 15.3 Å². The number of halogens is 1. The Bertz CT molecular complexity index is 610. The third kappa shape index (κ3) is 4.08. The van der Waals surface area contributed by atoms with Gasteiger partial charge in [0.25, 0.3) is 0 Å². The average Bonchev–Trinajstić information content (AvgIpc) is 2.46. The molecule has 1 N–H and O–H groups in total. The molecule has 1 atom stereocenters. The Morgan fingerprint density at radius 2 is 1.95 bits per heavy atom. The molecule has 0 aliphatic heterocycles. The monoisotopic (exact) mass is 346 g/mol. The first-order valence-electron chi connectivity index (χ1n) is 7.24. The van der Waals surface area contributed by atoms with Gasteiger partial charge in [0.2, 0.25) is 0 Å². The predicted octanol–water partition coefficient (Wildman–Crippen LogP) is 4.67. The lowest BCUT2D eigenvalue weighted by atomic mass is 10.1. The maximum absolute atomic E-state index is 3.69. The van der Waals surface area contributed by atoms with E-state index in [0.29, 0.717) is 6.04 Å². The summed E-state index contributed by atoms with van der Waals surface area (Å²) < 4.78 is 1.15. The Hall–Kier alpha value is -1.32. The summed E-state index contributed by atoms with van der Waals surface area (Å²) in [7, 11) is 4.11. The van der Waals surface area contributed by atoms with Crippen LogP contribution in [0.1, 0.15) is 29.7 Å². The molecular weight excluding hydrogens is 324 g/mol. The van der Waals surface area contributed by atoms with Crippen LogP contribution in [0.3, 0.4) is 0 Å². The van der Waals surface area contributed by atoms with Gasteiger partial charge in [-0.15, -0.1) is 0 Å². The van der Waals surface area contributed by atoms with E-state index in [1.807, 2.05) is 7.05 Å². The zero-order valence-electron chi connectivity index (χ0n) is 13.2. The Morgan fingerprint density at radius 3 is 2.57 bits per heavy atom. The Labute approximate surface area is 136 Å². The van der Waals surface area contributed by atoms with Crippen LogP contribution in [0.5, 0.6) is 0 Å². The van der Waals surface area contributed by atoms with Gasteiger partial charge in [0.1, 0.15) is 0 Å². The summed E-state index contributed by atoms with van der Waals surface area (Å²) in [6, 6.07) is 15.6. The van der Waals surface area contributed by atoms with Gasteiger partial charge in [-0.2, -0.15) is 0 Å². The van der Waals surface area contributed by atoms with Gasteiger partial charge in [-0.1, -0.05) is 51.8 Å². The number of hydrogen-bond donors (Lipinski definition) is 1. The molecule has 2 aromatic carbocycles. The quantitative estimate of drug-likeness (QED) is 0.845. The van der Waals surface area contributed by atoms with Crippen LogP contribution in [0.4, 0.5) is 5.69 Å². The fourth-order valence-electron chi connectivity index (χ4n) is 2.44. The van der Waals surface area contributed by atoms with Crippen molar-refractivity contribution < 1.29 is 0 Å². The highest BCUT2D eigenvalue weighted by Crippen LogP contribution is 2.28. The van der Waals surface area contributed by atoms with E-state index in [2.05, 4.69) is 89.5 Å². The van der Waals surface area contributed by atoms with Crippen LogP contribution < -0.4 is 10.2 Å². The molecule has 0 saturated heterocycles. The molecule has 3 heteroatoms. The first-order valence-corrected chi connectivity index (χ1v) is 8.04. The van der Waals surface area contributed by atoms with Crippen molar-refractivity contribution in [1.29, 1.82) is 0 Å².